The molecule has 0 aliphatic rings. The van der Waals surface area contributed by atoms with Crippen molar-refractivity contribution >= 4 is 23.2 Å². The van der Waals surface area contributed by atoms with Crippen LogP contribution in [-0.4, -0.2) is 11.8 Å². The number of hydrogen-bond donors (Lipinski definition) is 2. The van der Waals surface area contributed by atoms with Crippen LogP contribution in [0.1, 0.15) is 26.7 Å². The maximum absolute atomic E-state index is 13.1. The molecule has 2 N–H and O–H groups in total. The molecule has 0 bridgehead atoms. The van der Waals surface area contributed by atoms with Crippen LogP contribution in [0.2, 0.25) is 0 Å². The summed E-state index contributed by atoms with van der Waals surface area (Å²) in [6, 6.07) is 3.82. The van der Waals surface area contributed by atoms with E-state index in [0.29, 0.717) is 18.5 Å². The van der Waals surface area contributed by atoms with E-state index in [9.17, 15) is 14.0 Å². The Bertz CT molecular complexity index is 433. The molecule has 0 heterocycles. The van der Waals surface area contributed by atoms with Gasteiger partial charge in [0.1, 0.15) is 5.82 Å². The predicted octanol–water partition coefficient (Wildman–Crippen LogP) is 2.52. The van der Waals surface area contributed by atoms with Crippen molar-refractivity contribution in [3.05, 3.63) is 24.0 Å². The van der Waals surface area contributed by atoms with Crippen LogP contribution in [0.25, 0.3) is 0 Å². The van der Waals surface area contributed by atoms with Gasteiger partial charge in [-0.05, 0) is 24.6 Å². The smallest absolute Gasteiger partial charge is 0.224 e. The highest BCUT2D eigenvalue weighted by atomic mass is 19.1. The molecule has 0 unspecified atom stereocenters. The second-order valence-corrected chi connectivity index (χ2v) is 3.67. The summed E-state index contributed by atoms with van der Waals surface area (Å²) in [5.74, 6) is -0.946. The molecule has 0 spiro atoms. The van der Waals surface area contributed by atoms with E-state index in [2.05, 4.69) is 10.6 Å². The van der Waals surface area contributed by atoms with Gasteiger partial charge in [-0.3, -0.25) is 9.59 Å². The highest BCUT2D eigenvalue weighted by Crippen LogP contribution is 2.23. The van der Waals surface area contributed by atoms with Crippen molar-refractivity contribution in [2.45, 2.75) is 26.7 Å². The van der Waals surface area contributed by atoms with Gasteiger partial charge in [-0.25, -0.2) is 4.39 Å². The summed E-state index contributed by atoms with van der Waals surface area (Å²) in [6.07, 6.45) is 1.06. The number of hydrogen-bond acceptors (Lipinski definition) is 2. The van der Waals surface area contributed by atoms with Gasteiger partial charge in [0, 0.05) is 13.3 Å². The van der Waals surface area contributed by atoms with E-state index in [1.807, 2.05) is 6.92 Å². The molecule has 0 saturated carbocycles. The van der Waals surface area contributed by atoms with E-state index in [1.54, 1.807) is 0 Å². The third-order valence-electron chi connectivity index (χ3n) is 2.04. The Balaban J connectivity index is 2.90. The number of amides is 2. The first-order chi connectivity index (χ1) is 8.02. The minimum atomic E-state index is -0.467. The Hall–Kier alpha value is -1.91. The van der Waals surface area contributed by atoms with E-state index in [1.165, 1.54) is 25.1 Å². The molecule has 0 radical (unpaired) electrons. The maximum Gasteiger partial charge on any atom is 0.224 e. The van der Waals surface area contributed by atoms with Crippen LogP contribution in [0.15, 0.2) is 18.2 Å². The fourth-order valence-corrected chi connectivity index (χ4v) is 1.36. The summed E-state index contributed by atoms with van der Waals surface area (Å²) < 4.78 is 13.1. The molecule has 5 heteroatoms. The molecule has 4 nitrogen and oxygen atoms in total. The molecule has 0 fully saturated rings. The predicted molar refractivity (Wildman–Crippen MR) is 64.2 cm³/mol. The Kier molecular flexibility index (Phi) is 4.63. The molecule has 2 amide bonds. The number of halogens is 1. The second-order valence-electron chi connectivity index (χ2n) is 3.67. The molecular formula is C12H15FN2O2. The quantitative estimate of drug-likeness (QED) is 0.846. The van der Waals surface area contributed by atoms with Crippen LogP contribution in [0.4, 0.5) is 15.8 Å². The summed E-state index contributed by atoms with van der Waals surface area (Å²) in [6.45, 7) is 3.22. The highest BCUT2D eigenvalue weighted by molar-refractivity contribution is 5.98. The van der Waals surface area contributed by atoms with Crippen molar-refractivity contribution in [2.24, 2.45) is 0 Å². The van der Waals surface area contributed by atoms with Crippen LogP contribution in [0.5, 0.6) is 0 Å². The normalized spacial score (nSPS) is 9.82. The minimum absolute atomic E-state index is 0.204. The van der Waals surface area contributed by atoms with Crippen molar-refractivity contribution < 1.29 is 14.0 Å². The van der Waals surface area contributed by atoms with Crippen molar-refractivity contribution in [1.29, 1.82) is 0 Å². The SMILES string of the molecule is CCCC(=O)Nc1cc(F)ccc1NC(C)=O. The van der Waals surface area contributed by atoms with E-state index in [-0.39, 0.29) is 17.5 Å². The topological polar surface area (TPSA) is 58.2 Å². The third kappa shape index (κ3) is 4.22. The van der Waals surface area contributed by atoms with E-state index in [0.717, 1.165) is 0 Å². The molecule has 0 atom stereocenters. The lowest BCUT2D eigenvalue weighted by molar-refractivity contribution is -0.116. The van der Waals surface area contributed by atoms with Crippen molar-refractivity contribution in [3.8, 4) is 0 Å². The van der Waals surface area contributed by atoms with Gasteiger partial charge in [-0.15, -0.1) is 0 Å². The molecule has 0 aromatic heterocycles. The van der Waals surface area contributed by atoms with Gasteiger partial charge in [0.25, 0.3) is 0 Å². The zero-order valence-electron chi connectivity index (χ0n) is 9.84. The molecular weight excluding hydrogens is 223 g/mol. The molecule has 92 valence electrons. The first-order valence-electron chi connectivity index (χ1n) is 5.40. The lowest BCUT2D eigenvalue weighted by atomic mass is 10.2. The maximum atomic E-state index is 13.1. The summed E-state index contributed by atoms with van der Waals surface area (Å²) >= 11 is 0. The molecule has 0 aliphatic heterocycles. The molecule has 1 rings (SSSR count). The third-order valence-corrected chi connectivity index (χ3v) is 2.04. The zero-order chi connectivity index (χ0) is 12.8. The summed E-state index contributed by atoms with van der Waals surface area (Å²) in [5, 5.41) is 5.09. The Labute approximate surface area is 99.2 Å². The number of nitrogens with one attached hydrogen (secondary N) is 2. The highest BCUT2D eigenvalue weighted by Gasteiger charge is 2.08. The van der Waals surface area contributed by atoms with Crippen molar-refractivity contribution in [3.63, 3.8) is 0 Å². The molecule has 0 aliphatic carbocycles. The van der Waals surface area contributed by atoms with E-state index in [4.69, 9.17) is 0 Å². The monoisotopic (exact) mass is 238 g/mol. The number of carbonyl (C=O) groups is 2. The van der Waals surface area contributed by atoms with Gasteiger partial charge >= 0.3 is 0 Å². The van der Waals surface area contributed by atoms with E-state index >= 15 is 0 Å². The fraction of sp³-hybridized carbons (Fsp3) is 0.333. The Morgan fingerprint density at radius 3 is 2.53 bits per heavy atom. The molecule has 1 aromatic carbocycles. The van der Waals surface area contributed by atoms with Crippen LogP contribution in [-0.2, 0) is 9.59 Å². The zero-order valence-corrected chi connectivity index (χ0v) is 9.84. The van der Waals surface area contributed by atoms with Gasteiger partial charge in [-0.1, -0.05) is 6.92 Å². The van der Waals surface area contributed by atoms with Gasteiger partial charge in [0.15, 0.2) is 0 Å². The standard InChI is InChI=1S/C12H15FN2O2/c1-3-4-12(17)15-11-7-9(13)5-6-10(11)14-8(2)16/h5-7H,3-4H2,1-2H3,(H,14,16)(H,15,17). The number of anilines is 2. The van der Waals surface area contributed by atoms with Crippen LogP contribution in [0, 0.1) is 5.82 Å². The van der Waals surface area contributed by atoms with Gasteiger partial charge < -0.3 is 10.6 Å². The number of benzene rings is 1. The first-order valence-corrected chi connectivity index (χ1v) is 5.40. The van der Waals surface area contributed by atoms with Crippen molar-refractivity contribution in [1.82, 2.24) is 0 Å². The molecule has 0 saturated heterocycles. The minimum Gasteiger partial charge on any atom is -0.325 e. The van der Waals surface area contributed by atoms with Crippen LogP contribution >= 0.6 is 0 Å². The Morgan fingerprint density at radius 1 is 1.24 bits per heavy atom. The van der Waals surface area contributed by atoms with Gasteiger partial charge in [-0.2, -0.15) is 0 Å². The second kappa shape index (κ2) is 5.98. The van der Waals surface area contributed by atoms with Gasteiger partial charge in [0.2, 0.25) is 11.8 Å². The number of carbonyl (C=O) groups excluding carboxylic acids is 2. The summed E-state index contributed by atoms with van der Waals surface area (Å²) in [5.41, 5.74) is 0.669. The largest absolute Gasteiger partial charge is 0.325 e. The molecule has 17 heavy (non-hydrogen) atoms. The van der Waals surface area contributed by atoms with Crippen LogP contribution < -0.4 is 10.6 Å². The number of rotatable bonds is 4. The summed E-state index contributed by atoms with van der Waals surface area (Å²) in [4.78, 5) is 22.4. The van der Waals surface area contributed by atoms with Crippen molar-refractivity contribution in [2.75, 3.05) is 10.6 Å². The summed E-state index contributed by atoms with van der Waals surface area (Å²) in [7, 11) is 0. The fourth-order valence-electron chi connectivity index (χ4n) is 1.36. The van der Waals surface area contributed by atoms with Gasteiger partial charge in [0.05, 0.1) is 11.4 Å². The average Bonchev–Trinajstić information content (AvgIpc) is 2.22. The molecule has 1 aromatic rings. The Morgan fingerprint density at radius 2 is 1.94 bits per heavy atom. The average molecular weight is 238 g/mol. The van der Waals surface area contributed by atoms with Crippen LogP contribution in [0.3, 0.4) is 0 Å². The lowest BCUT2D eigenvalue weighted by Gasteiger charge is -2.11. The lowest BCUT2D eigenvalue weighted by Crippen LogP contribution is -2.14. The first kappa shape index (κ1) is 13.2. The van der Waals surface area contributed by atoms with E-state index < -0.39 is 5.82 Å².